The van der Waals surface area contributed by atoms with Crippen molar-refractivity contribution in [2.45, 2.75) is 18.9 Å². The lowest BCUT2D eigenvalue weighted by Gasteiger charge is -2.37. The number of nitriles is 1. The van der Waals surface area contributed by atoms with Crippen LogP contribution < -0.4 is 4.90 Å². The predicted octanol–water partition coefficient (Wildman–Crippen LogP) is 2.09. The molecule has 0 bridgehead atoms. The van der Waals surface area contributed by atoms with E-state index >= 15 is 0 Å². The van der Waals surface area contributed by atoms with Crippen molar-refractivity contribution in [3.05, 3.63) is 29.8 Å². The van der Waals surface area contributed by atoms with Crippen LogP contribution in [0.5, 0.6) is 0 Å². The molecule has 1 aliphatic rings. The molecule has 1 fully saturated rings. The zero-order valence-corrected chi connectivity index (χ0v) is 10.6. The van der Waals surface area contributed by atoms with Crippen molar-refractivity contribution < 1.29 is 0 Å². The first-order chi connectivity index (χ1) is 8.20. The second-order valence-corrected chi connectivity index (χ2v) is 4.86. The van der Waals surface area contributed by atoms with Crippen LogP contribution in [0.25, 0.3) is 0 Å². The Labute approximate surface area is 103 Å². The number of piperidine rings is 1. The largest absolute Gasteiger partial charge is 0.370 e. The molecule has 0 saturated carbocycles. The Morgan fingerprint density at radius 1 is 1.29 bits per heavy atom. The van der Waals surface area contributed by atoms with E-state index in [1.807, 2.05) is 12.1 Å². The summed E-state index contributed by atoms with van der Waals surface area (Å²) in [6.45, 7) is 2.20. The summed E-state index contributed by atoms with van der Waals surface area (Å²) in [6, 6.07) is 10.7. The minimum Gasteiger partial charge on any atom is -0.370 e. The van der Waals surface area contributed by atoms with Crippen molar-refractivity contribution >= 4 is 5.69 Å². The van der Waals surface area contributed by atoms with Gasteiger partial charge in [-0.05, 0) is 51.2 Å². The van der Waals surface area contributed by atoms with Gasteiger partial charge in [0.15, 0.2) is 0 Å². The molecule has 1 atom stereocenters. The molecule has 1 aromatic carbocycles. The number of hydrogen-bond donors (Lipinski definition) is 0. The van der Waals surface area contributed by atoms with Crippen LogP contribution in [0, 0.1) is 11.3 Å². The number of hydrogen-bond acceptors (Lipinski definition) is 3. The zero-order valence-electron chi connectivity index (χ0n) is 10.6. The molecule has 0 radical (unpaired) electrons. The summed E-state index contributed by atoms with van der Waals surface area (Å²) in [5.74, 6) is 0. The van der Waals surface area contributed by atoms with E-state index in [1.54, 1.807) is 0 Å². The fourth-order valence-corrected chi connectivity index (χ4v) is 2.36. The van der Waals surface area contributed by atoms with Gasteiger partial charge in [-0.1, -0.05) is 0 Å². The SMILES string of the molecule is CN(C)C1CCCN(c2ccc(C#N)cc2)C1. The number of likely N-dealkylation sites (N-methyl/N-ethyl adjacent to an activating group) is 1. The molecule has 90 valence electrons. The number of nitrogens with zero attached hydrogens (tertiary/aromatic N) is 3. The third-order valence-corrected chi connectivity index (χ3v) is 3.49. The lowest BCUT2D eigenvalue weighted by Crippen LogP contribution is -2.45. The van der Waals surface area contributed by atoms with E-state index in [0.717, 1.165) is 18.7 Å². The van der Waals surface area contributed by atoms with Crippen molar-refractivity contribution in [1.29, 1.82) is 5.26 Å². The molecule has 1 aromatic rings. The summed E-state index contributed by atoms with van der Waals surface area (Å²) in [7, 11) is 4.29. The van der Waals surface area contributed by atoms with Crippen LogP contribution in [0.2, 0.25) is 0 Å². The van der Waals surface area contributed by atoms with Crippen molar-refractivity contribution in [3.8, 4) is 6.07 Å². The Hall–Kier alpha value is -1.53. The summed E-state index contributed by atoms with van der Waals surface area (Å²) in [5.41, 5.74) is 1.96. The topological polar surface area (TPSA) is 30.3 Å². The zero-order chi connectivity index (χ0) is 12.3. The normalized spacial score (nSPS) is 20.4. The molecular formula is C14H19N3. The average Bonchev–Trinajstić information content (AvgIpc) is 2.39. The first kappa shape index (κ1) is 11.9. The molecule has 3 heteroatoms. The minimum absolute atomic E-state index is 0.638. The summed E-state index contributed by atoms with van der Waals surface area (Å²) < 4.78 is 0. The third-order valence-electron chi connectivity index (χ3n) is 3.49. The lowest BCUT2D eigenvalue weighted by atomic mass is 10.0. The summed E-state index contributed by atoms with van der Waals surface area (Å²) >= 11 is 0. The Morgan fingerprint density at radius 3 is 2.59 bits per heavy atom. The van der Waals surface area contributed by atoms with Crippen molar-refractivity contribution in [1.82, 2.24) is 4.90 Å². The standard InChI is InChI=1S/C14H19N3/c1-16(2)14-4-3-9-17(11-14)13-7-5-12(10-15)6-8-13/h5-8,14H,3-4,9,11H2,1-2H3. The fraction of sp³-hybridized carbons (Fsp3) is 0.500. The summed E-state index contributed by atoms with van der Waals surface area (Å²) in [5, 5.41) is 8.78. The average molecular weight is 229 g/mol. The van der Waals surface area contributed by atoms with Crippen molar-refractivity contribution in [2.24, 2.45) is 0 Å². The molecule has 0 N–H and O–H groups in total. The molecule has 0 spiro atoms. The lowest BCUT2D eigenvalue weighted by molar-refractivity contribution is 0.258. The highest BCUT2D eigenvalue weighted by Gasteiger charge is 2.21. The van der Waals surface area contributed by atoms with E-state index in [4.69, 9.17) is 5.26 Å². The van der Waals surface area contributed by atoms with Crippen LogP contribution in [0.3, 0.4) is 0 Å². The highest BCUT2D eigenvalue weighted by Crippen LogP contribution is 2.21. The number of rotatable bonds is 2. The summed E-state index contributed by atoms with van der Waals surface area (Å²) in [6.07, 6.45) is 2.52. The van der Waals surface area contributed by atoms with Crippen LogP contribution in [0.4, 0.5) is 5.69 Å². The summed E-state index contributed by atoms with van der Waals surface area (Å²) in [4.78, 5) is 4.71. The molecule has 1 heterocycles. The molecule has 0 aromatic heterocycles. The second kappa shape index (κ2) is 5.20. The fourth-order valence-electron chi connectivity index (χ4n) is 2.36. The molecule has 1 saturated heterocycles. The second-order valence-electron chi connectivity index (χ2n) is 4.86. The molecule has 1 unspecified atom stereocenters. The van der Waals surface area contributed by atoms with Crippen LogP contribution in [-0.4, -0.2) is 38.1 Å². The Balaban J connectivity index is 2.08. The number of anilines is 1. The Morgan fingerprint density at radius 2 is 2.00 bits per heavy atom. The van der Waals surface area contributed by atoms with Gasteiger partial charge in [-0.15, -0.1) is 0 Å². The van der Waals surface area contributed by atoms with Crippen LogP contribution in [-0.2, 0) is 0 Å². The Bertz CT molecular complexity index is 402. The van der Waals surface area contributed by atoms with E-state index in [1.165, 1.54) is 18.5 Å². The van der Waals surface area contributed by atoms with Gasteiger partial charge in [-0.25, -0.2) is 0 Å². The third kappa shape index (κ3) is 2.78. The maximum atomic E-state index is 8.78. The molecule has 0 amide bonds. The first-order valence-electron chi connectivity index (χ1n) is 6.12. The smallest absolute Gasteiger partial charge is 0.0991 e. The van der Waals surface area contributed by atoms with Gasteiger partial charge in [-0.2, -0.15) is 5.26 Å². The van der Waals surface area contributed by atoms with Gasteiger partial charge < -0.3 is 9.80 Å². The van der Waals surface area contributed by atoms with Crippen LogP contribution >= 0.6 is 0 Å². The van der Waals surface area contributed by atoms with Gasteiger partial charge in [0, 0.05) is 24.8 Å². The van der Waals surface area contributed by atoms with E-state index in [-0.39, 0.29) is 0 Å². The maximum absolute atomic E-state index is 8.78. The monoisotopic (exact) mass is 229 g/mol. The first-order valence-corrected chi connectivity index (χ1v) is 6.12. The highest BCUT2D eigenvalue weighted by atomic mass is 15.2. The van der Waals surface area contributed by atoms with Gasteiger partial charge >= 0.3 is 0 Å². The number of benzene rings is 1. The molecule has 3 nitrogen and oxygen atoms in total. The highest BCUT2D eigenvalue weighted by molar-refractivity contribution is 5.50. The van der Waals surface area contributed by atoms with E-state index in [2.05, 4.69) is 42.1 Å². The molecule has 2 rings (SSSR count). The molecular weight excluding hydrogens is 210 g/mol. The molecule has 0 aliphatic carbocycles. The molecule has 1 aliphatic heterocycles. The Kier molecular flexibility index (Phi) is 3.65. The van der Waals surface area contributed by atoms with Gasteiger partial charge in [0.1, 0.15) is 0 Å². The quantitative estimate of drug-likeness (QED) is 0.778. The predicted molar refractivity (Wildman–Crippen MR) is 70.1 cm³/mol. The van der Waals surface area contributed by atoms with Gasteiger partial charge in [0.25, 0.3) is 0 Å². The van der Waals surface area contributed by atoms with Gasteiger partial charge in [0.05, 0.1) is 11.6 Å². The van der Waals surface area contributed by atoms with Crippen LogP contribution in [0.15, 0.2) is 24.3 Å². The molecule has 17 heavy (non-hydrogen) atoms. The van der Waals surface area contributed by atoms with Gasteiger partial charge in [-0.3, -0.25) is 0 Å². The van der Waals surface area contributed by atoms with Gasteiger partial charge in [0.2, 0.25) is 0 Å². The minimum atomic E-state index is 0.638. The van der Waals surface area contributed by atoms with Crippen molar-refractivity contribution in [3.63, 3.8) is 0 Å². The van der Waals surface area contributed by atoms with E-state index in [0.29, 0.717) is 6.04 Å². The maximum Gasteiger partial charge on any atom is 0.0991 e. The van der Waals surface area contributed by atoms with Crippen molar-refractivity contribution in [2.75, 3.05) is 32.1 Å². The van der Waals surface area contributed by atoms with Crippen LogP contribution in [0.1, 0.15) is 18.4 Å². The van der Waals surface area contributed by atoms with E-state index < -0.39 is 0 Å². The van der Waals surface area contributed by atoms with E-state index in [9.17, 15) is 0 Å².